The number of anilines is 1. The van der Waals surface area contributed by atoms with Gasteiger partial charge < -0.3 is 9.84 Å². The summed E-state index contributed by atoms with van der Waals surface area (Å²) in [4.78, 5) is 0. The van der Waals surface area contributed by atoms with Gasteiger partial charge in [0.2, 0.25) is 5.88 Å². The van der Waals surface area contributed by atoms with Gasteiger partial charge in [-0.25, -0.2) is 0 Å². The van der Waals surface area contributed by atoms with Gasteiger partial charge in [-0.2, -0.15) is 0 Å². The standard InChI is InChI=1S/C10H12N2O/c1-7(2)11-10-8-5-3-4-6-9(8)12-13-10/h3-7,11H,1-2H3. The summed E-state index contributed by atoms with van der Waals surface area (Å²) in [6.45, 7) is 4.13. The minimum absolute atomic E-state index is 0.358. The van der Waals surface area contributed by atoms with Gasteiger partial charge in [0.05, 0.1) is 5.39 Å². The fourth-order valence-electron chi connectivity index (χ4n) is 1.26. The van der Waals surface area contributed by atoms with Crippen molar-refractivity contribution in [2.75, 3.05) is 5.32 Å². The summed E-state index contributed by atoms with van der Waals surface area (Å²) in [5.41, 5.74) is 0.894. The number of nitrogens with zero attached hydrogens (tertiary/aromatic N) is 1. The summed E-state index contributed by atoms with van der Waals surface area (Å²) >= 11 is 0. The van der Waals surface area contributed by atoms with Crippen molar-refractivity contribution >= 4 is 16.8 Å². The first-order chi connectivity index (χ1) is 6.27. The van der Waals surface area contributed by atoms with E-state index in [4.69, 9.17) is 4.52 Å². The Hall–Kier alpha value is -1.51. The van der Waals surface area contributed by atoms with Gasteiger partial charge in [0.1, 0.15) is 5.52 Å². The first-order valence-corrected chi connectivity index (χ1v) is 4.38. The number of benzene rings is 1. The Morgan fingerprint density at radius 3 is 2.85 bits per heavy atom. The van der Waals surface area contributed by atoms with E-state index in [9.17, 15) is 0 Å². The third-order valence-electron chi connectivity index (χ3n) is 1.80. The molecule has 0 saturated heterocycles. The van der Waals surface area contributed by atoms with Gasteiger partial charge in [0.25, 0.3) is 0 Å². The average molecular weight is 176 g/mol. The van der Waals surface area contributed by atoms with E-state index in [2.05, 4.69) is 24.3 Å². The first kappa shape index (κ1) is 8.10. The van der Waals surface area contributed by atoms with Crippen molar-refractivity contribution in [2.24, 2.45) is 0 Å². The predicted octanol–water partition coefficient (Wildman–Crippen LogP) is 2.65. The van der Waals surface area contributed by atoms with E-state index in [1.165, 1.54) is 0 Å². The Morgan fingerprint density at radius 2 is 2.08 bits per heavy atom. The van der Waals surface area contributed by atoms with E-state index in [0.717, 1.165) is 16.8 Å². The lowest BCUT2D eigenvalue weighted by Crippen LogP contribution is -2.08. The first-order valence-electron chi connectivity index (χ1n) is 4.38. The van der Waals surface area contributed by atoms with Gasteiger partial charge in [-0.3, -0.25) is 0 Å². The van der Waals surface area contributed by atoms with Gasteiger partial charge in [0, 0.05) is 6.04 Å². The van der Waals surface area contributed by atoms with E-state index in [1.807, 2.05) is 24.3 Å². The van der Waals surface area contributed by atoms with E-state index in [-0.39, 0.29) is 0 Å². The van der Waals surface area contributed by atoms with Crippen molar-refractivity contribution in [3.63, 3.8) is 0 Å². The van der Waals surface area contributed by atoms with Gasteiger partial charge in [-0.1, -0.05) is 17.3 Å². The largest absolute Gasteiger partial charge is 0.351 e. The van der Waals surface area contributed by atoms with Crippen LogP contribution in [0, 0.1) is 0 Å². The van der Waals surface area contributed by atoms with E-state index in [1.54, 1.807) is 0 Å². The Kier molecular flexibility index (Phi) is 1.93. The zero-order valence-electron chi connectivity index (χ0n) is 7.74. The lowest BCUT2D eigenvalue weighted by Gasteiger charge is -2.04. The minimum Gasteiger partial charge on any atom is -0.351 e. The topological polar surface area (TPSA) is 38.1 Å². The molecule has 0 amide bonds. The fraction of sp³-hybridized carbons (Fsp3) is 0.300. The highest BCUT2D eigenvalue weighted by atomic mass is 16.5. The average Bonchev–Trinajstić information content (AvgIpc) is 2.48. The van der Waals surface area contributed by atoms with E-state index in [0.29, 0.717) is 6.04 Å². The Bertz CT molecular complexity index is 406. The molecule has 1 N–H and O–H groups in total. The van der Waals surface area contributed by atoms with Gasteiger partial charge in [-0.15, -0.1) is 0 Å². The van der Waals surface area contributed by atoms with E-state index < -0.39 is 0 Å². The van der Waals surface area contributed by atoms with Crippen LogP contribution in [0.1, 0.15) is 13.8 Å². The Balaban J connectivity index is 2.46. The van der Waals surface area contributed by atoms with Crippen LogP contribution in [0.15, 0.2) is 28.8 Å². The van der Waals surface area contributed by atoms with Crippen LogP contribution >= 0.6 is 0 Å². The van der Waals surface area contributed by atoms with Crippen LogP contribution in [0.2, 0.25) is 0 Å². The second kappa shape index (κ2) is 3.09. The van der Waals surface area contributed by atoms with Crippen molar-refractivity contribution < 1.29 is 4.52 Å². The molecule has 1 aromatic carbocycles. The van der Waals surface area contributed by atoms with Gasteiger partial charge >= 0.3 is 0 Å². The monoisotopic (exact) mass is 176 g/mol. The smallest absolute Gasteiger partial charge is 0.232 e. The van der Waals surface area contributed by atoms with Crippen LogP contribution < -0.4 is 5.32 Å². The Morgan fingerprint density at radius 1 is 1.31 bits per heavy atom. The highest BCUT2D eigenvalue weighted by molar-refractivity contribution is 5.88. The number of nitrogens with one attached hydrogen (secondary N) is 1. The quantitative estimate of drug-likeness (QED) is 0.764. The zero-order chi connectivity index (χ0) is 9.26. The fourth-order valence-corrected chi connectivity index (χ4v) is 1.26. The molecule has 1 aromatic heterocycles. The number of fused-ring (bicyclic) bond motifs is 1. The number of rotatable bonds is 2. The highest BCUT2D eigenvalue weighted by Crippen LogP contribution is 2.22. The van der Waals surface area contributed by atoms with Crippen molar-refractivity contribution in [1.82, 2.24) is 5.16 Å². The molecule has 0 fully saturated rings. The molecule has 3 heteroatoms. The Labute approximate surface area is 76.7 Å². The maximum absolute atomic E-state index is 5.16. The molecule has 0 spiro atoms. The molecule has 0 unspecified atom stereocenters. The number of aromatic nitrogens is 1. The maximum Gasteiger partial charge on any atom is 0.232 e. The molecule has 0 radical (unpaired) electrons. The molecule has 68 valence electrons. The molecule has 0 aliphatic heterocycles. The molecule has 2 aromatic rings. The molecule has 0 aliphatic rings. The molecular formula is C10H12N2O. The molecule has 2 rings (SSSR count). The normalized spacial score (nSPS) is 11.0. The minimum atomic E-state index is 0.358. The molecule has 0 saturated carbocycles. The zero-order valence-corrected chi connectivity index (χ0v) is 7.74. The number of hydrogen-bond acceptors (Lipinski definition) is 3. The lowest BCUT2D eigenvalue weighted by molar-refractivity contribution is 0.438. The highest BCUT2D eigenvalue weighted by Gasteiger charge is 2.06. The van der Waals surface area contributed by atoms with Gasteiger partial charge in [-0.05, 0) is 26.0 Å². The summed E-state index contributed by atoms with van der Waals surface area (Å²) in [5, 5.41) is 8.17. The van der Waals surface area contributed by atoms with Crippen LogP contribution in [0.3, 0.4) is 0 Å². The summed E-state index contributed by atoms with van der Waals surface area (Å²) in [6, 6.07) is 8.21. The molecule has 13 heavy (non-hydrogen) atoms. The second-order valence-electron chi connectivity index (χ2n) is 3.33. The van der Waals surface area contributed by atoms with Crippen LogP contribution in [0.25, 0.3) is 10.9 Å². The molecule has 0 atom stereocenters. The van der Waals surface area contributed by atoms with Crippen molar-refractivity contribution in [2.45, 2.75) is 19.9 Å². The third-order valence-corrected chi connectivity index (χ3v) is 1.80. The lowest BCUT2D eigenvalue weighted by atomic mass is 10.2. The summed E-state index contributed by atoms with van der Waals surface area (Å²) in [5.74, 6) is 0.755. The van der Waals surface area contributed by atoms with Crippen LogP contribution in [0.5, 0.6) is 0 Å². The third kappa shape index (κ3) is 1.49. The molecule has 0 bridgehead atoms. The number of hydrogen-bond donors (Lipinski definition) is 1. The molecule has 3 nitrogen and oxygen atoms in total. The molecule has 1 heterocycles. The van der Waals surface area contributed by atoms with Crippen LogP contribution in [0.4, 0.5) is 5.88 Å². The van der Waals surface area contributed by atoms with Crippen LogP contribution in [-0.2, 0) is 0 Å². The maximum atomic E-state index is 5.16. The summed E-state index contributed by atoms with van der Waals surface area (Å²) in [6.07, 6.45) is 0. The summed E-state index contributed by atoms with van der Waals surface area (Å²) < 4.78 is 5.16. The van der Waals surface area contributed by atoms with Crippen molar-refractivity contribution in [1.29, 1.82) is 0 Å². The predicted molar refractivity (Wildman–Crippen MR) is 52.8 cm³/mol. The second-order valence-corrected chi connectivity index (χ2v) is 3.33. The van der Waals surface area contributed by atoms with Crippen molar-refractivity contribution in [3.8, 4) is 0 Å². The van der Waals surface area contributed by atoms with E-state index >= 15 is 0 Å². The SMILES string of the molecule is CC(C)Nc1onc2ccccc12. The van der Waals surface area contributed by atoms with Crippen molar-refractivity contribution in [3.05, 3.63) is 24.3 Å². The summed E-state index contributed by atoms with van der Waals surface area (Å²) in [7, 11) is 0. The molecular weight excluding hydrogens is 164 g/mol. The molecule has 0 aliphatic carbocycles. The van der Waals surface area contributed by atoms with Gasteiger partial charge in [0.15, 0.2) is 0 Å². The van der Waals surface area contributed by atoms with Crippen LogP contribution in [-0.4, -0.2) is 11.2 Å².